The SMILES string of the molecule is CC1=C2c3ccc(O)cc3CC2(Cc2ccccc2)CCC1=O.COc1ccc2c(c1)C/C(=C\c1ccccc1)C2=O.COc1ccc2c(c1)CC(Cc1ccccc1)C2=O.COc1ccc2c(c1)CC1(Cc3ccccc3)CCC(=O)C(C)=C21.COc1ccc2c(c1)CCC2=O. The van der Waals surface area contributed by atoms with Gasteiger partial charge in [-0.15, -0.1) is 0 Å². The molecule has 9 aromatic rings. The maximum atomic E-state index is 12.4. The fourth-order valence-electron chi connectivity index (χ4n) is 15.7. The third kappa shape index (κ3) is 14.4. The van der Waals surface area contributed by atoms with Crippen LogP contribution in [0.3, 0.4) is 0 Å². The van der Waals surface area contributed by atoms with Crippen molar-refractivity contribution >= 4 is 46.1 Å². The number of aromatic hydroxyl groups is 1. The molecule has 10 heteroatoms. The Balaban J connectivity index is 0.000000117. The van der Waals surface area contributed by atoms with Crippen molar-refractivity contribution in [3.8, 4) is 28.7 Å². The number of methoxy groups -OCH3 is 4. The number of allylic oxidation sites excluding steroid dienone is 5. The van der Waals surface area contributed by atoms with Crippen molar-refractivity contribution < 1.29 is 48.0 Å². The first-order chi connectivity index (χ1) is 47.1. The maximum Gasteiger partial charge on any atom is 0.189 e. The lowest BCUT2D eigenvalue weighted by molar-refractivity contribution is -0.117. The predicted molar refractivity (Wildman–Crippen MR) is 383 cm³/mol. The lowest BCUT2D eigenvalue weighted by atomic mass is 9.67. The van der Waals surface area contributed by atoms with E-state index in [-0.39, 0.29) is 39.9 Å². The van der Waals surface area contributed by atoms with Crippen LogP contribution in [0.1, 0.15) is 138 Å². The van der Waals surface area contributed by atoms with Gasteiger partial charge in [-0.2, -0.15) is 0 Å². The first-order valence-electron chi connectivity index (χ1n) is 33.6. The number of Topliss-reactive ketones (excluding diaryl/α,β-unsaturated/α-hetero) is 5. The van der Waals surface area contributed by atoms with Crippen LogP contribution in [0.25, 0.3) is 17.2 Å². The van der Waals surface area contributed by atoms with Gasteiger partial charge in [0.05, 0.1) is 28.4 Å². The quantitative estimate of drug-likeness (QED) is 0.124. The minimum absolute atomic E-state index is 0.00449. The molecule has 3 unspecified atom stereocenters. The van der Waals surface area contributed by atoms with Crippen LogP contribution in [0.5, 0.6) is 28.7 Å². The Morgan fingerprint density at radius 2 is 0.856 bits per heavy atom. The Morgan fingerprint density at radius 3 is 1.38 bits per heavy atom. The molecule has 0 heterocycles. The molecule has 0 amide bonds. The Labute approximate surface area is 569 Å². The number of phenolic OH excluding ortho intramolecular Hbond substituents is 1. The van der Waals surface area contributed by atoms with Gasteiger partial charge in [0.15, 0.2) is 28.9 Å². The number of carbonyl (C=O) groups is 5. The molecule has 490 valence electrons. The maximum absolute atomic E-state index is 12.4. The zero-order valence-electron chi connectivity index (χ0n) is 56.2. The minimum Gasteiger partial charge on any atom is -0.508 e. The van der Waals surface area contributed by atoms with Crippen LogP contribution >= 0.6 is 0 Å². The van der Waals surface area contributed by atoms with Crippen molar-refractivity contribution in [1.29, 1.82) is 0 Å². The van der Waals surface area contributed by atoms with Crippen molar-refractivity contribution in [3.05, 3.63) is 307 Å². The first kappa shape index (κ1) is 66.6. The molecule has 10 nitrogen and oxygen atoms in total. The van der Waals surface area contributed by atoms with E-state index < -0.39 is 0 Å². The van der Waals surface area contributed by atoms with E-state index >= 15 is 0 Å². The zero-order chi connectivity index (χ0) is 67.8. The molecule has 7 aliphatic carbocycles. The molecule has 0 saturated heterocycles. The van der Waals surface area contributed by atoms with Gasteiger partial charge in [-0.1, -0.05) is 133 Å². The predicted octanol–water partition coefficient (Wildman–Crippen LogP) is 17.6. The number of ether oxygens (including phenoxy) is 4. The lowest BCUT2D eigenvalue weighted by Gasteiger charge is -2.36. The highest BCUT2D eigenvalue weighted by Gasteiger charge is 2.48. The molecule has 7 aliphatic rings. The highest BCUT2D eigenvalue weighted by Crippen LogP contribution is 2.57. The van der Waals surface area contributed by atoms with Gasteiger partial charge < -0.3 is 24.1 Å². The zero-order valence-corrected chi connectivity index (χ0v) is 56.2. The fraction of sp³-hybridized carbons (Fsp3) is 0.253. The van der Waals surface area contributed by atoms with Crippen molar-refractivity contribution in [2.75, 3.05) is 28.4 Å². The third-order valence-electron chi connectivity index (χ3n) is 20.4. The van der Waals surface area contributed by atoms with Crippen LogP contribution in [0.15, 0.2) is 229 Å². The molecule has 9 aromatic carbocycles. The van der Waals surface area contributed by atoms with E-state index in [4.69, 9.17) is 18.9 Å². The van der Waals surface area contributed by atoms with Crippen LogP contribution in [-0.2, 0) is 61.0 Å². The molecule has 0 aromatic heterocycles. The number of benzene rings is 9. The Bertz CT molecular complexity index is 4560. The van der Waals surface area contributed by atoms with Gasteiger partial charge in [-0.25, -0.2) is 0 Å². The van der Waals surface area contributed by atoms with Crippen LogP contribution in [-0.4, -0.2) is 62.5 Å². The second kappa shape index (κ2) is 29.3. The summed E-state index contributed by atoms with van der Waals surface area (Å²) >= 11 is 0. The molecule has 1 N–H and O–H groups in total. The van der Waals surface area contributed by atoms with Gasteiger partial charge >= 0.3 is 0 Å². The molecule has 0 fully saturated rings. The summed E-state index contributed by atoms with van der Waals surface area (Å²) < 4.78 is 20.9. The van der Waals surface area contributed by atoms with Crippen LogP contribution in [0, 0.1) is 16.7 Å². The van der Waals surface area contributed by atoms with E-state index in [0.29, 0.717) is 37.2 Å². The largest absolute Gasteiger partial charge is 0.508 e. The van der Waals surface area contributed by atoms with Gasteiger partial charge in [-0.05, 0) is 240 Å². The summed E-state index contributed by atoms with van der Waals surface area (Å²) in [6, 6.07) is 70.2. The van der Waals surface area contributed by atoms with E-state index in [1.165, 1.54) is 44.5 Å². The summed E-state index contributed by atoms with van der Waals surface area (Å²) in [7, 11) is 6.63. The Hall–Kier alpha value is -10.5. The van der Waals surface area contributed by atoms with Crippen molar-refractivity contribution in [1.82, 2.24) is 0 Å². The van der Waals surface area contributed by atoms with Gasteiger partial charge in [0.25, 0.3) is 0 Å². The van der Waals surface area contributed by atoms with Crippen LogP contribution in [0.4, 0.5) is 0 Å². The molecule has 0 bridgehead atoms. The standard InChI is InChI=1S/C22H22O2.C21H20O2.C17H16O2.C17H14O2.C10H10O2/c1-15-20(23)10-11-22(13-16-6-4-3-5-7-16)14-17-12-18(24-2)8-9-19(17)21(15)22;1-14-19(23)9-10-21(12-15-5-3-2-4-6-15)13-16-11-17(22)7-8-18(16)20(14)21;2*1-19-15-7-8-16-13(11-15)10-14(17(16)18)9-12-5-3-2-4-6-12;1-12-8-3-4-9-7(6-8)2-5-10(9)11/h3-9,12H,10-11,13-14H2,1-2H3;2-8,11,22H,9-10,12-13H2,1H3;2-8,11,14H,9-10H2,1H3;2-9,11H,10H2,1H3;3-4,6H,2,5H2,1H3/b;;;14-9+;. The number of ketones is 5. The van der Waals surface area contributed by atoms with Gasteiger partial charge in [0.2, 0.25) is 0 Å². The summed E-state index contributed by atoms with van der Waals surface area (Å²) in [5.41, 5.74) is 20.9. The van der Waals surface area contributed by atoms with E-state index in [2.05, 4.69) is 78.9 Å². The first-order valence-corrected chi connectivity index (χ1v) is 33.6. The van der Waals surface area contributed by atoms with Gasteiger partial charge in [0.1, 0.15) is 28.7 Å². The molecular weight excluding hydrogens is 1200 g/mol. The molecule has 0 spiro atoms. The monoisotopic (exact) mass is 1290 g/mol. The normalized spacial score (nSPS) is 19.2. The molecule has 0 saturated carbocycles. The Kier molecular flexibility index (Phi) is 20.1. The van der Waals surface area contributed by atoms with Crippen molar-refractivity contribution in [2.45, 2.75) is 97.3 Å². The number of phenols is 1. The summed E-state index contributed by atoms with van der Waals surface area (Å²) in [5.74, 6) is 4.96. The summed E-state index contributed by atoms with van der Waals surface area (Å²) in [6.45, 7) is 3.98. The molecule has 0 radical (unpaired) electrons. The van der Waals surface area contributed by atoms with Gasteiger partial charge in [-0.3, -0.25) is 24.0 Å². The number of rotatable bonds is 11. The second-order valence-corrected chi connectivity index (χ2v) is 26.5. The van der Waals surface area contributed by atoms with E-state index in [0.717, 1.165) is 142 Å². The molecule has 97 heavy (non-hydrogen) atoms. The van der Waals surface area contributed by atoms with Crippen LogP contribution in [0.2, 0.25) is 0 Å². The average molecular weight is 1290 g/mol. The molecule has 0 aliphatic heterocycles. The number of hydrogen-bond acceptors (Lipinski definition) is 10. The second-order valence-electron chi connectivity index (χ2n) is 26.5. The van der Waals surface area contributed by atoms with Crippen LogP contribution < -0.4 is 18.9 Å². The molecule has 3 atom stereocenters. The fourth-order valence-corrected chi connectivity index (χ4v) is 15.7. The summed E-state index contributed by atoms with van der Waals surface area (Å²) in [4.78, 5) is 60.6. The number of fused-ring (bicyclic) bond motifs is 9. The smallest absolute Gasteiger partial charge is 0.189 e. The number of hydrogen-bond donors (Lipinski definition) is 1. The number of aryl methyl sites for hydroxylation is 1. The molecular formula is C87H82O10. The lowest BCUT2D eigenvalue weighted by Crippen LogP contribution is -2.30. The summed E-state index contributed by atoms with van der Waals surface area (Å²) in [6.07, 6.45) is 12.8. The Morgan fingerprint density at radius 1 is 0.423 bits per heavy atom. The third-order valence-corrected chi connectivity index (χ3v) is 20.4. The minimum atomic E-state index is -0.00449. The summed E-state index contributed by atoms with van der Waals surface area (Å²) in [5, 5.41) is 9.84. The van der Waals surface area contributed by atoms with Gasteiger partial charge in [0, 0.05) is 64.7 Å². The number of carbonyl (C=O) groups excluding carboxylic acids is 5. The topological polar surface area (TPSA) is 143 Å². The van der Waals surface area contributed by atoms with Crippen molar-refractivity contribution in [2.24, 2.45) is 16.7 Å². The van der Waals surface area contributed by atoms with E-state index in [1.807, 2.05) is 147 Å². The highest BCUT2D eigenvalue weighted by molar-refractivity contribution is 6.15. The average Bonchev–Trinajstić information content (AvgIpc) is 1.59. The highest BCUT2D eigenvalue weighted by atomic mass is 16.5. The van der Waals surface area contributed by atoms with E-state index in [9.17, 15) is 29.1 Å². The van der Waals surface area contributed by atoms with E-state index in [1.54, 1.807) is 34.5 Å². The molecule has 16 rings (SSSR count). The van der Waals surface area contributed by atoms with Crippen molar-refractivity contribution in [3.63, 3.8) is 0 Å².